The summed E-state index contributed by atoms with van der Waals surface area (Å²) in [4.78, 5) is 14.9. The number of pyridine rings is 1. The van der Waals surface area contributed by atoms with Gasteiger partial charge in [0, 0.05) is 17.8 Å². The molecule has 2 aromatic rings. The van der Waals surface area contributed by atoms with Crippen molar-refractivity contribution in [2.75, 3.05) is 6.79 Å². The normalized spacial score (nSPS) is 12.2. The second-order valence-electron chi connectivity index (χ2n) is 4.27. The number of ether oxygens (including phenoxy) is 3. The van der Waals surface area contributed by atoms with Crippen LogP contribution in [-0.2, 0) is 0 Å². The fourth-order valence-corrected chi connectivity index (χ4v) is 1.84. The van der Waals surface area contributed by atoms with Gasteiger partial charge in [0.1, 0.15) is 5.75 Å². The summed E-state index contributed by atoms with van der Waals surface area (Å²) in [5, 5.41) is 8.88. The number of rotatable bonds is 3. The van der Waals surface area contributed by atoms with Crippen molar-refractivity contribution in [2.45, 2.75) is 6.92 Å². The van der Waals surface area contributed by atoms with Crippen molar-refractivity contribution < 1.29 is 24.1 Å². The Bertz CT molecular complexity index is 683. The van der Waals surface area contributed by atoms with Gasteiger partial charge in [-0.3, -0.25) is 0 Å². The third kappa shape index (κ3) is 2.23. The summed E-state index contributed by atoms with van der Waals surface area (Å²) in [5.74, 6) is 1.17. The number of carboxylic acids is 1. The zero-order valence-corrected chi connectivity index (χ0v) is 10.6. The van der Waals surface area contributed by atoms with Gasteiger partial charge in [0.15, 0.2) is 11.5 Å². The Kier molecular flexibility index (Phi) is 2.90. The molecule has 0 radical (unpaired) electrons. The van der Waals surface area contributed by atoms with Crippen LogP contribution in [0.5, 0.6) is 23.1 Å². The molecule has 3 rings (SSSR count). The summed E-state index contributed by atoms with van der Waals surface area (Å²) in [6.07, 6.45) is 1.26. The van der Waals surface area contributed by atoms with Gasteiger partial charge in [-0.25, -0.2) is 9.78 Å². The van der Waals surface area contributed by atoms with Crippen LogP contribution in [0.15, 0.2) is 30.5 Å². The number of aryl methyl sites for hydroxylation is 1. The average molecular weight is 273 g/mol. The molecule has 0 unspecified atom stereocenters. The van der Waals surface area contributed by atoms with Crippen LogP contribution in [-0.4, -0.2) is 22.9 Å². The van der Waals surface area contributed by atoms with E-state index >= 15 is 0 Å². The van der Waals surface area contributed by atoms with Crippen LogP contribution < -0.4 is 14.2 Å². The molecule has 1 N–H and O–H groups in total. The van der Waals surface area contributed by atoms with Gasteiger partial charge < -0.3 is 19.3 Å². The molecule has 0 amide bonds. The highest BCUT2D eigenvalue weighted by Crippen LogP contribution is 2.36. The Morgan fingerprint density at radius 1 is 1.30 bits per heavy atom. The summed E-state index contributed by atoms with van der Waals surface area (Å²) in [6.45, 7) is 1.94. The summed E-state index contributed by atoms with van der Waals surface area (Å²) >= 11 is 0. The largest absolute Gasteiger partial charge is 0.478 e. The number of carboxylic acid groups (broad SMARTS) is 1. The molecule has 1 aromatic heterocycles. The molecule has 1 aliphatic rings. The molecule has 0 aliphatic carbocycles. The standard InChI is InChI=1S/C14H11NO5/c1-8-4-9(14(16)17)6-15-13(8)20-10-2-3-11-12(5-10)19-7-18-11/h2-6H,7H2,1H3,(H,16,17). The van der Waals surface area contributed by atoms with Crippen LogP contribution in [0, 0.1) is 6.92 Å². The van der Waals surface area contributed by atoms with E-state index in [1.165, 1.54) is 12.3 Å². The van der Waals surface area contributed by atoms with Gasteiger partial charge in [-0.15, -0.1) is 0 Å². The highest BCUT2D eigenvalue weighted by molar-refractivity contribution is 5.87. The molecule has 0 saturated heterocycles. The zero-order valence-electron chi connectivity index (χ0n) is 10.6. The van der Waals surface area contributed by atoms with Crippen molar-refractivity contribution >= 4 is 5.97 Å². The first-order valence-corrected chi connectivity index (χ1v) is 5.91. The second-order valence-corrected chi connectivity index (χ2v) is 4.27. The second kappa shape index (κ2) is 4.73. The first-order chi connectivity index (χ1) is 9.63. The summed E-state index contributed by atoms with van der Waals surface area (Å²) < 4.78 is 16.1. The molecule has 1 aromatic carbocycles. The van der Waals surface area contributed by atoms with Crippen LogP contribution in [0.4, 0.5) is 0 Å². The molecule has 2 heterocycles. The molecule has 6 heteroatoms. The van der Waals surface area contributed by atoms with Gasteiger partial charge in [-0.2, -0.15) is 0 Å². The highest BCUT2D eigenvalue weighted by Gasteiger charge is 2.15. The van der Waals surface area contributed by atoms with E-state index in [-0.39, 0.29) is 12.4 Å². The highest BCUT2D eigenvalue weighted by atomic mass is 16.7. The summed E-state index contributed by atoms with van der Waals surface area (Å²) in [5.41, 5.74) is 0.767. The Morgan fingerprint density at radius 3 is 2.85 bits per heavy atom. The smallest absolute Gasteiger partial charge is 0.337 e. The van der Waals surface area contributed by atoms with Crippen LogP contribution in [0.3, 0.4) is 0 Å². The van der Waals surface area contributed by atoms with E-state index in [1.54, 1.807) is 25.1 Å². The number of hydrogen-bond acceptors (Lipinski definition) is 5. The number of aromatic nitrogens is 1. The number of fused-ring (bicyclic) bond motifs is 1. The maximum absolute atomic E-state index is 10.8. The number of carbonyl (C=O) groups is 1. The fraction of sp³-hybridized carbons (Fsp3) is 0.143. The van der Waals surface area contributed by atoms with E-state index in [0.717, 1.165) is 0 Å². The van der Waals surface area contributed by atoms with E-state index in [2.05, 4.69) is 4.98 Å². The third-order valence-corrected chi connectivity index (χ3v) is 2.84. The van der Waals surface area contributed by atoms with E-state index in [1.807, 2.05) is 0 Å². The predicted octanol–water partition coefficient (Wildman–Crippen LogP) is 2.61. The molecule has 102 valence electrons. The Morgan fingerprint density at radius 2 is 2.10 bits per heavy atom. The van der Waals surface area contributed by atoms with Crippen LogP contribution >= 0.6 is 0 Å². The van der Waals surface area contributed by atoms with E-state index in [4.69, 9.17) is 19.3 Å². The van der Waals surface area contributed by atoms with Crippen molar-refractivity contribution in [2.24, 2.45) is 0 Å². The summed E-state index contributed by atoms with van der Waals surface area (Å²) in [7, 11) is 0. The first kappa shape index (κ1) is 12.3. The van der Waals surface area contributed by atoms with E-state index in [9.17, 15) is 4.79 Å². The van der Waals surface area contributed by atoms with Gasteiger partial charge in [-0.1, -0.05) is 0 Å². The molecule has 20 heavy (non-hydrogen) atoms. The van der Waals surface area contributed by atoms with Gasteiger partial charge in [0.25, 0.3) is 0 Å². The zero-order chi connectivity index (χ0) is 14.1. The lowest BCUT2D eigenvalue weighted by atomic mass is 10.2. The minimum absolute atomic E-state index is 0.125. The topological polar surface area (TPSA) is 77.9 Å². The third-order valence-electron chi connectivity index (χ3n) is 2.84. The molecule has 0 spiro atoms. The Balaban J connectivity index is 1.86. The molecule has 0 atom stereocenters. The van der Waals surface area contributed by atoms with Gasteiger partial charge in [-0.05, 0) is 25.1 Å². The fourth-order valence-electron chi connectivity index (χ4n) is 1.84. The molecule has 1 aliphatic heterocycles. The molecule has 0 fully saturated rings. The minimum atomic E-state index is -1.02. The molecular formula is C14H11NO5. The van der Waals surface area contributed by atoms with Crippen molar-refractivity contribution in [1.82, 2.24) is 4.98 Å². The lowest BCUT2D eigenvalue weighted by Crippen LogP contribution is -1.99. The summed E-state index contributed by atoms with van der Waals surface area (Å²) in [6, 6.07) is 6.70. The molecule has 0 saturated carbocycles. The lowest BCUT2D eigenvalue weighted by Gasteiger charge is -2.08. The van der Waals surface area contributed by atoms with Gasteiger partial charge in [0.05, 0.1) is 5.56 Å². The minimum Gasteiger partial charge on any atom is -0.478 e. The van der Waals surface area contributed by atoms with Crippen molar-refractivity contribution in [3.05, 3.63) is 41.6 Å². The lowest BCUT2D eigenvalue weighted by molar-refractivity contribution is 0.0696. The molecular weight excluding hydrogens is 262 g/mol. The van der Waals surface area contributed by atoms with Crippen LogP contribution in [0.25, 0.3) is 0 Å². The quantitative estimate of drug-likeness (QED) is 0.926. The number of aromatic carboxylic acids is 1. The number of benzene rings is 1. The SMILES string of the molecule is Cc1cc(C(=O)O)cnc1Oc1ccc2c(c1)OCO2. The maximum Gasteiger partial charge on any atom is 0.337 e. The van der Waals surface area contributed by atoms with E-state index in [0.29, 0.717) is 28.7 Å². The van der Waals surface area contributed by atoms with E-state index < -0.39 is 5.97 Å². The molecule has 6 nitrogen and oxygen atoms in total. The van der Waals surface area contributed by atoms with Crippen molar-refractivity contribution in [3.8, 4) is 23.1 Å². The van der Waals surface area contributed by atoms with Gasteiger partial charge in [0.2, 0.25) is 12.7 Å². The number of nitrogens with zero attached hydrogens (tertiary/aromatic N) is 1. The Hall–Kier alpha value is -2.76. The van der Waals surface area contributed by atoms with Crippen LogP contribution in [0.2, 0.25) is 0 Å². The predicted molar refractivity (Wildman–Crippen MR) is 68.6 cm³/mol. The van der Waals surface area contributed by atoms with Crippen molar-refractivity contribution in [3.63, 3.8) is 0 Å². The monoisotopic (exact) mass is 273 g/mol. The van der Waals surface area contributed by atoms with Crippen LogP contribution in [0.1, 0.15) is 15.9 Å². The van der Waals surface area contributed by atoms with Crippen molar-refractivity contribution in [1.29, 1.82) is 0 Å². The Labute approximate surface area is 114 Å². The molecule has 0 bridgehead atoms. The average Bonchev–Trinajstić information content (AvgIpc) is 2.88. The number of hydrogen-bond donors (Lipinski definition) is 1. The first-order valence-electron chi connectivity index (χ1n) is 5.91. The maximum atomic E-state index is 10.8. The van der Waals surface area contributed by atoms with Gasteiger partial charge >= 0.3 is 5.97 Å².